The van der Waals surface area contributed by atoms with Gasteiger partial charge in [0.25, 0.3) is 0 Å². The number of nitrogens with zero attached hydrogens (tertiary/aromatic N) is 4. The molecule has 0 spiro atoms. The SMILES string of the molecule is c1ccc(-c2nc(-c3ccccc3)nc(-c3ccc(-c4cc5c(oc6cccc(-c7ccc(-n8c9ccccc9c9ccccc98)cc7)c65)c5ccccc45)cc3)n2)cc1. The van der Waals surface area contributed by atoms with Crippen LogP contribution in [0.5, 0.6) is 0 Å². The first-order valence-electron chi connectivity index (χ1n) is 20.2. The Morgan fingerprint density at radius 3 is 1.40 bits per heavy atom. The van der Waals surface area contributed by atoms with Gasteiger partial charge in [-0.25, -0.2) is 15.0 Å². The van der Waals surface area contributed by atoms with E-state index in [0.717, 1.165) is 77.3 Å². The van der Waals surface area contributed by atoms with Crippen molar-refractivity contribution in [2.24, 2.45) is 0 Å². The third-order valence-electron chi connectivity index (χ3n) is 11.7. The molecule has 60 heavy (non-hydrogen) atoms. The Kier molecular flexibility index (Phi) is 7.78. The van der Waals surface area contributed by atoms with Crippen LogP contribution in [0.3, 0.4) is 0 Å². The van der Waals surface area contributed by atoms with Crippen LogP contribution in [0.15, 0.2) is 211 Å². The van der Waals surface area contributed by atoms with Crippen LogP contribution in [0.25, 0.3) is 117 Å². The van der Waals surface area contributed by atoms with Crippen LogP contribution >= 0.6 is 0 Å². The zero-order chi connectivity index (χ0) is 39.6. The van der Waals surface area contributed by atoms with E-state index in [-0.39, 0.29) is 0 Å². The maximum Gasteiger partial charge on any atom is 0.164 e. The van der Waals surface area contributed by atoms with E-state index >= 15 is 0 Å². The fraction of sp³-hybridized carbons (Fsp3) is 0. The lowest BCUT2D eigenvalue weighted by Crippen LogP contribution is -2.00. The van der Waals surface area contributed by atoms with E-state index in [9.17, 15) is 0 Å². The highest BCUT2D eigenvalue weighted by Crippen LogP contribution is 2.43. The van der Waals surface area contributed by atoms with E-state index in [1.807, 2.05) is 60.7 Å². The summed E-state index contributed by atoms with van der Waals surface area (Å²) in [5.74, 6) is 1.91. The third kappa shape index (κ3) is 5.52. The molecule has 3 heterocycles. The van der Waals surface area contributed by atoms with Crippen LogP contribution in [-0.2, 0) is 0 Å². The summed E-state index contributed by atoms with van der Waals surface area (Å²) in [4.78, 5) is 14.8. The van der Waals surface area contributed by atoms with Gasteiger partial charge >= 0.3 is 0 Å². The number of benzene rings is 9. The summed E-state index contributed by atoms with van der Waals surface area (Å²) in [5.41, 5.74) is 12.6. The van der Waals surface area contributed by atoms with E-state index in [2.05, 4.69) is 150 Å². The van der Waals surface area contributed by atoms with Gasteiger partial charge in [0.15, 0.2) is 17.5 Å². The number of aromatic nitrogens is 4. The van der Waals surface area contributed by atoms with Crippen molar-refractivity contribution in [2.45, 2.75) is 0 Å². The fourth-order valence-electron chi connectivity index (χ4n) is 8.86. The van der Waals surface area contributed by atoms with Gasteiger partial charge in [-0.1, -0.05) is 170 Å². The number of hydrogen-bond donors (Lipinski definition) is 0. The van der Waals surface area contributed by atoms with Crippen molar-refractivity contribution < 1.29 is 4.42 Å². The van der Waals surface area contributed by atoms with Crippen LogP contribution in [0.4, 0.5) is 0 Å². The fourth-order valence-corrected chi connectivity index (χ4v) is 8.86. The van der Waals surface area contributed by atoms with Crippen LogP contribution in [-0.4, -0.2) is 19.5 Å². The molecule has 0 saturated heterocycles. The summed E-state index contributed by atoms with van der Waals surface area (Å²) in [6.45, 7) is 0. The Morgan fingerprint density at radius 1 is 0.333 bits per heavy atom. The molecule has 0 bridgehead atoms. The molecule has 3 aromatic heterocycles. The predicted octanol–water partition coefficient (Wildman–Crippen LogP) is 14.4. The quantitative estimate of drug-likeness (QED) is 0.169. The first kappa shape index (κ1) is 33.9. The lowest BCUT2D eigenvalue weighted by Gasteiger charge is -2.11. The number of furan rings is 1. The first-order chi connectivity index (χ1) is 29.7. The smallest absolute Gasteiger partial charge is 0.164 e. The van der Waals surface area contributed by atoms with Gasteiger partial charge in [-0.15, -0.1) is 0 Å². The minimum absolute atomic E-state index is 0.629. The van der Waals surface area contributed by atoms with E-state index in [1.54, 1.807) is 0 Å². The first-order valence-corrected chi connectivity index (χ1v) is 20.2. The van der Waals surface area contributed by atoms with Crippen molar-refractivity contribution in [3.05, 3.63) is 206 Å². The average molecular weight is 767 g/mol. The van der Waals surface area contributed by atoms with E-state index in [1.165, 1.54) is 21.8 Å². The molecule has 0 aliphatic carbocycles. The van der Waals surface area contributed by atoms with Crippen LogP contribution in [0.2, 0.25) is 0 Å². The summed E-state index contributed by atoms with van der Waals surface area (Å²) < 4.78 is 9.10. The molecular formula is C55H34N4O. The Labute approximate surface area is 345 Å². The lowest BCUT2D eigenvalue weighted by molar-refractivity contribution is 0.673. The van der Waals surface area contributed by atoms with Gasteiger partial charge in [0, 0.05) is 49.3 Å². The third-order valence-corrected chi connectivity index (χ3v) is 11.7. The van der Waals surface area contributed by atoms with E-state index < -0.39 is 0 Å². The van der Waals surface area contributed by atoms with E-state index in [4.69, 9.17) is 19.4 Å². The van der Waals surface area contributed by atoms with Crippen LogP contribution in [0, 0.1) is 0 Å². The second-order valence-corrected chi connectivity index (χ2v) is 15.2. The van der Waals surface area contributed by atoms with Gasteiger partial charge < -0.3 is 8.98 Å². The molecule has 5 heteroatoms. The van der Waals surface area contributed by atoms with Gasteiger partial charge in [0.05, 0.1) is 11.0 Å². The topological polar surface area (TPSA) is 56.7 Å². The van der Waals surface area contributed by atoms with E-state index in [0.29, 0.717) is 17.5 Å². The zero-order valence-corrected chi connectivity index (χ0v) is 32.3. The Hall–Kier alpha value is -8.15. The van der Waals surface area contributed by atoms with Crippen molar-refractivity contribution in [2.75, 3.05) is 0 Å². The molecule has 9 aromatic carbocycles. The molecule has 0 N–H and O–H groups in total. The molecule has 280 valence electrons. The molecule has 0 saturated carbocycles. The van der Waals surface area contributed by atoms with Gasteiger partial charge in [0.1, 0.15) is 11.2 Å². The number of hydrogen-bond acceptors (Lipinski definition) is 4. The molecule has 12 rings (SSSR count). The largest absolute Gasteiger partial charge is 0.455 e. The highest BCUT2D eigenvalue weighted by atomic mass is 16.3. The summed E-state index contributed by atoms with van der Waals surface area (Å²) in [6, 6.07) is 72.2. The molecule has 12 aromatic rings. The van der Waals surface area contributed by atoms with Crippen molar-refractivity contribution in [3.8, 4) is 62.1 Å². The number of para-hydroxylation sites is 2. The van der Waals surface area contributed by atoms with Gasteiger partial charge in [-0.05, 0) is 64.0 Å². The Balaban J connectivity index is 0.974. The summed E-state index contributed by atoms with van der Waals surface area (Å²) in [6.07, 6.45) is 0. The Bertz CT molecular complexity index is 3460. The molecule has 0 aliphatic rings. The summed E-state index contributed by atoms with van der Waals surface area (Å²) >= 11 is 0. The zero-order valence-electron chi connectivity index (χ0n) is 32.3. The number of rotatable bonds is 6. The molecule has 0 fully saturated rings. The minimum atomic E-state index is 0.629. The highest BCUT2D eigenvalue weighted by molar-refractivity contribution is 6.22. The molecule has 0 unspecified atom stereocenters. The lowest BCUT2D eigenvalue weighted by atomic mass is 9.93. The summed E-state index contributed by atoms with van der Waals surface area (Å²) in [5, 5.41) is 6.91. The minimum Gasteiger partial charge on any atom is -0.455 e. The molecule has 0 atom stereocenters. The van der Waals surface area contributed by atoms with Crippen molar-refractivity contribution in [1.82, 2.24) is 19.5 Å². The van der Waals surface area contributed by atoms with Gasteiger partial charge in [0.2, 0.25) is 0 Å². The normalized spacial score (nSPS) is 11.7. The second-order valence-electron chi connectivity index (χ2n) is 15.2. The molecule has 5 nitrogen and oxygen atoms in total. The maximum absolute atomic E-state index is 6.74. The monoisotopic (exact) mass is 766 g/mol. The van der Waals surface area contributed by atoms with Gasteiger partial charge in [-0.3, -0.25) is 0 Å². The van der Waals surface area contributed by atoms with Crippen molar-refractivity contribution in [3.63, 3.8) is 0 Å². The van der Waals surface area contributed by atoms with Crippen LogP contribution in [0.1, 0.15) is 0 Å². The highest BCUT2D eigenvalue weighted by Gasteiger charge is 2.19. The molecule has 0 amide bonds. The van der Waals surface area contributed by atoms with Gasteiger partial charge in [-0.2, -0.15) is 0 Å². The summed E-state index contributed by atoms with van der Waals surface area (Å²) in [7, 11) is 0. The molecular weight excluding hydrogens is 733 g/mol. The van der Waals surface area contributed by atoms with Crippen molar-refractivity contribution >= 4 is 54.5 Å². The molecule has 0 radical (unpaired) electrons. The second kappa shape index (κ2) is 13.8. The standard InChI is InChI=1S/C55H34N4O/c1-3-14-37(15-4-1)53-56-54(38-16-5-2-6-17-38)58-55(57-53)39-28-26-36(27-29-39)46-34-47-51-41(22-13-25-50(51)60-52(47)45-21-8-7-18-42(45)46)35-30-32-40(33-31-35)59-48-23-11-9-19-43(48)44-20-10-12-24-49(44)59/h1-34H. The maximum atomic E-state index is 6.74. The Morgan fingerprint density at radius 2 is 0.800 bits per heavy atom. The molecule has 0 aliphatic heterocycles. The predicted molar refractivity (Wildman–Crippen MR) is 246 cm³/mol. The van der Waals surface area contributed by atoms with Crippen LogP contribution < -0.4 is 0 Å². The number of fused-ring (bicyclic) bond motifs is 8. The van der Waals surface area contributed by atoms with Crippen molar-refractivity contribution in [1.29, 1.82) is 0 Å². The average Bonchev–Trinajstić information content (AvgIpc) is 3.88.